The van der Waals surface area contributed by atoms with Crippen molar-refractivity contribution < 1.29 is 18.0 Å². The Morgan fingerprint density at radius 2 is 1.96 bits per heavy atom. The molecule has 7 nitrogen and oxygen atoms in total. The van der Waals surface area contributed by atoms with E-state index in [1.54, 1.807) is 13.1 Å². The van der Waals surface area contributed by atoms with Gasteiger partial charge in [-0.1, -0.05) is 12.0 Å². The second-order valence-corrected chi connectivity index (χ2v) is 7.36. The lowest BCUT2D eigenvalue weighted by Gasteiger charge is -2.37. The Morgan fingerprint density at radius 1 is 1.21 bits per heavy atom. The minimum Gasteiger partial charge on any atom is -0.408 e. The number of anilines is 1. The number of carbonyl (C=O) groups is 1. The minimum absolute atomic E-state index is 0.0363. The SMILES string of the molecule is Cc1nnc(N2CCC(C(=O)N3N=CCC3c3cc(F)cc(F)c3)C(C)C2)o1. The molecule has 3 unspecified atom stereocenters. The summed E-state index contributed by atoms with van der Waals surface area (Å²) in [7, 11) is 0. The van der Waals surface area contributed by atoms with Gasteiger partial charge in [0.1, 0.15) is 11.6 Å². The summed E-state index contributed by atoms with van der Waals surface area (Å²) in [6.07, 6.45) is 2.66. The van der Waals surface area contributed by atoms with E-state index in [0.717, 1.165) is 6.07 Å². The number of aryl methyl sites for hydroxylation is 1. The standard InChI is InChI=1S/C19H21F2N5O2/c1-11-10-25(19-24-23-12(2)28-19)6-4-16(11)18(27)26-17(3-5-22-26)13-7-14(20)9-15(21)8-13/h5,7-9,11,16-17H,3-4,6,10H2,1-2H3. The molecular weight excluding hydrogens is 368 g/mol. The summed E-state index contributed by atoms with van der Waals surface area (Å²) in [5, 5.41) is 13.5. The summed E-state index contributed by atoms with van der Waals surface area (Å²) in [6.45, 7) is 4.94. The molecule has 0 radical (unpaired) electrons. The summed E-state index contributed by atoms with van der Waals surface area (Å²) < 4.78 is 32.7. The Bertz CT molecular complexity index is 895. The molecular formula is C19H21F2N5O2. The number of rotatable bonds is 3. The Hall–Kier alpha value is -2.84. The fraction of sp³-hybridized carbons (Fsp3) is 0.474. The lowest BCUT2D eigenvalue weighted by molar-refractivity contribution is -0.139. The number of aromatic nitrogens is 2. The molecule has 1 amide bonds. The van der Waals surface area contributed by atoms with Crippen molar-refractivity contribution in [1.82, 2.24) is 15.2 Å². The van der Waals surface area contributed by atoms with Gasteiger partial charge in [-0.15, -0.1) is 5.10 Å². The van der Waals surface area contributed by atoms with Crippen molar-refractivity contribution in [2.75, 3.05) is 18.0 Å². The van der Waals surface area contributed by atoms with Gasteiger partial charge in [0.2, 0.25) is 11.8 Å². The van der Waals surface area contributed by atoms with E-state index in [1.807, 2.05) is 11.8 Å². The predicted molar refractivity (Wildman–Crippen MR) is 97.6 cm³/mol. The van der Waals surface area contributed by atoms with Crippen LogP contribution in [0, 0.1) is 30.4 Å². The lowest BCUT2D eigenvalue weighted by Crippen LogP contribution is -2.46. The molecule has 2 aliphatic heterocycles. The molecule has 2 aromatic rings. The first-order valence-electron chi connectivity index (χ1n) is 9.29. The van der Waals surface area contributed by atoms with Crippen LogP contribution in [-0.2, 0) is 4.79 Å². The number of benzene rings is 1. The summed E-state index contributed by atoms with van der Waals surface area (Å²) in [5.41, 5.74) is 0.412. The van der Waals surface area contributed by atoms with E-state index < -0.39 is 17.7 Å². The van der Waals surface area contributed by atoms with Crippen molar-refractivity contribution in [1.29, 1.82) is 0 Å². The molecule has 9 heteroatoms. The van der Waals surface area contributed by atoms with Gasteiger partial charge < -0.3 is 9.32 Å². The largest absolute Gasteiger partial charge is 0.408 e. The molecule has 28 heavy (non-hydrogen) atoms. The maximum absolute atomic E-state index is 13.6. The van der Waals surface area contributed by atoms with Crippen molar-refractivity contribution in [3.63, 3.8) is 0 Å². The normalized spacial score (nSPS) is 24.8. The van der Waals surface area contributed by atoms with Crippen LogP contribution in [0.4, 0.5) is 14.8 Å². The Balaban J connectivity index is 1.48. The smallest absolute Gasteiger partial charge is 0.318 e. The van der Waals surface area contributed by atoms with E-state index in [9.17, 15) is 13.6 Å². The third kappa shape index (κ3) is 3.48. The van der Waals surface area contributed by atoms with Gasteiger partial charge in [0.15, 0.2) is 0 Å². The molecule has 4 rings (SSSR count). The van der Waals surface area contributed by atoms with Gasteiger partial charge in [-0.3, -0.25) is 4.79 Å². The van der Waals surface area contributed by atoms with Crippen LogP contribution in [-0.4, -0.2) is 40.4 Å². The predicted octanol–water partition coefficient (Wildman–Crippen LogP) is 3.08. The highest BCUT2D eigenvalue weighted by atomic mass is 19.1. The van der Waals surface area contributed by atoms with Gasteiger partial charge in [-0.25, -0.2) is 13.8 Å². The van der Waals surface area contributed by atoms with Crippen LogP contribution in [0.3, 0.4) is 0 Å². The average Bonchev–Trinajstić information content (AvgIpc) is 3.29. The summed E-state index contributed by atoms with van der Waals surface area (Å²) in [6, 6.07) is 3.31. The van der Waals surface area contributed by atoms with Gasteiger partial charge >= 0.3 is 6.01 Å². The van der Waals surface area contributed by atoms with Crippen LogP contribution in [0.1, 0.15) is 37.3 Å². The van der Waals surface area contributed by atoms with Gasteiger partial charge in [-0.2, -0.15) is 5.10 Å². The number of hydrogen-bond acceptors (Lipinski definition) is 6. The molecule has 0 bridgehead atoms. The third-order valence-corrected chi connectivity index (χ3v) is 5.33. The summed E-state index contributed by atoms with van der Waals surface area (Å²) in [5.74, 6) is -1.16. The number of amides is 1. The van der Waals surface area contributed by atoms with Crippen molar-refractivity contribution >= 4 is 18.1 Å². The van der Waals surface area contributed by atoms with E-state index in [1.165, 1.54) is 17.1 Å². The highest BCUT2D eigenvalue weighted by molar-refractivity contribution is 5.82. The monoisotopic (exact) mass is 389 g/mol. The van der Waals surface area contributed by atoms with Crippen molar-refractivity contribution in [2.24, 2.45) is 16.9 Å². The first-order valence-corrected chi connectivity index (χ1v) is 9.29. The lowest BCUT2D eigenvalue weighted by atomic mass is 9.85. The van der Waals surface area contributed by atoms with Crippen molar-refractivity contribution in [3.05, 3.63) is 41.3 Å². The van der Waals surface area contributed by atoms with E-state index in [0.29, 0.717) is 43.4 Å². The highest BCUT2D eigenvalue weighted by Crippen LogP contribution is 2.34. The second kappa shape index (κ2) is 7.29. The molecule has 3 heterocycles. The van der Waals surface area contributed by atoms with Gasteiger partial charge in [0.25, 0.3) is 0 Å². The zero-order valence-corrected chi connectivity index (χ0v) is 15.7. The molecule has 1 saturated heterocycles. The van der Waals surface area contributed by atoms with Gasteiger partial charge in [0.05, 0.1) is 6.04 Å². The molecule has 3 atom stereocenters. The molecule has 2 aliphatic rings. The number of carbonyl (C=O) groups excluding carboxylic acids is 1. The van der Waals surface area contributed by atoms with E-state index in [2.05, 4.69) is 15.3 Å². The second-order valence-electron chi connectivity index (χ2n) is 7.36. The minimum atomic E-state index is -0.661. The fourth-order valence-electron chi connectivity index (χ4n) is 3.94. The van der Waals surface area contributed by atoms with Crippen LogP contribution < -0.4 is 4.90 Å². The average molecular weight is 389 g/mol. The van der Waals surface area contributed by atoms with E-state index >= 15 is 0 Å². The fourth-order valence-corrected chi connectivity index (χ4v) is 3.94. The molecule has 0 aliphatic carbocycles. The number of piperidine rings is 1. The Morgan fingerprint density at radius 3 is 2.61 bits per heavy atom. The maximum atomic E-state index is 13.6. The van der Waals surface area contributed by atoms with Gasteiger partial charge in [0, 0.05) is 44.6 Å². The molecule has 1 fully saturated rings. The van der Waals surface area contributed by atoms with E-state index in [4.69, 9.17) is 4.42 Å². The van der Waals surface area contributed by atoms with Crippen LogP contribution in [0.15, 0.2) is 27.7 Å². The molecule has 1 aromatic carbocycles. The Kier molecular flexibility index (Phi) is 4.82. The number of hydrogen-bond donors (Lipinski definition) is 0. The van der Waals surface area contributed by atoms with Crippen LogP contribution in [0.5, 0.6) is 0 Å². The molecule has 0 saturated carbocycles. The number of halogens is 2. The quantitative estimate of drug-likeness (QED) is 0.807. The summed E-state index contributed by atoms with van der Waals surface area (Å²) >= 11 is 0. The van der Waals surface area contributed by atoms with Crippen LogP contribution >= 0.6 is 0 Å². The maximum Gasteiger partial charge on any atom is 0.318 e. The summed E-state index contributed by atoms with van der Waals surface area (Å²) in [4.78, 5) is 15.1. The van der Waals surface area contributed by atoms with Crippen LogP contribution in [0.2, 0.25) is 0 Å². The number of nitrogens with zero attached hydrogens (tertiary/aromatic N) is 5. The van der Waals surface area contributed by atoms with Crippen molar-refractivity contribution in [3.8, 4) is 0 Å². The molecule has 148 valence electrons. The number of hydrazone groups is 1. The molecule has 1 aromatic heterocycles. The zero-order chi connectivity index (χ0) is 19.8. The highest BCUT2D eigenvalue weighted by Gasteiger charge is 2.39. The zero-order valence-electron chi connectivity index (χ0n) is 15.7. The molecule has 0 N–H and O–H groups in total. The van der Waals surface area contributed by atoms with Gasteiger partial charge in [-0.05, 0) is 30.0 Å². The Labute approximate surface area is 161 Å². The van der Waals surface area contributed by atoms with Crippen molar-refractivity contribution in [2.45, 2.75) is 32.7 Å². The van der Waals surface area contributed by atoms with E-state index in [-0.39, 0.29) is 17.7 Å². The molecule has 0 spiro atoms. The topological polar surface area (TPSA) is 74.8 Å². The third-order valence-electron chi connectivity index (χ3n) is 5.33. The van der Waals surface area contributed by atoms with Crippen LogP contribution in [0.25, 0.3) is 0 Å². The first-order chi connectivity index (χ1) is 13.4. The first kappa shape index (κ1) is 18.5.